The van der Waals surface area contributed by atoms with Gasteiger partial charge in [0.15, 0.2) is 0 Å². The number of phenolic OH excluding ortho intramolecular Hbond substituents is 1. The lowest BCUT2D eigenvalue weighted by molar-refractivity contribution is -0.120. The molecule has 4 atom stereocenters. The number of aromatic hydroxyl groups is 1. The van der Waals surface area contributed by atoms with Gasteiger partial charge in [-0.25, -0.2) is 0 Å². The summed E-state index contributed by atoms with van der Waals surface area (Å²) in [5.74, 6) is -0.328. The third-order valence-electron chi connectivity index (χ3n) is 3.70. The second kappa shape index (κ2) is 7.26. The molecule has 6 N–H and O–H groups in total. The average Bonchev–Trinajstić information content (AvgIpc) is 2.76. The molecule has 1 amide bonds. The summed E-state index contributed by atoms with van der Waals surface area (Å²) < 4.78 is 0. The number of aliphatic hydroxyl groups is 3. The lowest BCUT2D eigenvalue weighted by Gasteiger charge is -2.16. The van der Waals surface area contributed by atoms with Crippen LogP contribution in [0.3, 0.4) is 0 Å². The van der Waals surface area contributed by atoms with E-state index >= 15 is 0 Å². The Morgan fingerprint density at radius 1 is 1.27 bits per heavy atom. The second-order valence-corrected chi connectivity index (χ2v) is 5.72. The summed E-state index contributed by atoms with van der Waals surface area (Å²) in [6.45, 7) is -0.173. The monoisotopic (exact) mass is 330 g/mol. The Balaban J connectivity index is 1.84. The first kappa shape index (κ1) is 17.0. The minimum absolute atomic E-state index is 0.0480. The minimum atomic E-state index is -1.07. The first-order chi connectivity index (χ1) is 10.4. The van der Waals surface area contributed by atoms with E-state index in [2.05, 4.69) is 10.6 Å². The lowest BCUT2D eigenvalue weighted by atomic mass is 10.1. The van der Waals surface area contributed by atoms with Gasteiger partial charge in [-0.2, -0.15) is 0 Å². The van der Waals surface area contributed by atoms with Crippen molar-refractivity contribution < 1.29 is 25.2 Å². The van der Waals surface area contributed by atoms with Crippen molar-refractivity contribution in [1.29, 1.82) is 0 Å². The smallest absolute Gasteiger partial charge is 0.224 e. The summed E-state index contributed by atoms with van der Waals surface area (Å²) in [7, 11) is 0. The van der Waals surface area contributed by atoms with Crippen LogP contribution in [0.2, 0.25) is 5.02 Å². The van der Waals surface area contributed by atoms with Gasteiger partial charge in [-0.15, -0.1) is 0 Å². The van der Waals surface area contributed by atoms with Crippen molar-refractivity contribution in [3.8, 4) is 5.75 Å². The molecule has 0 saturated carbocycles. The molecule has 1 aromatic carbocycles. The molecule has 0 radical (unpaired) electrons. The van der Waals surface area contributed by atoms with E-state index in [1.165, 1.54) is 12.1 Å². The normalized spacial score (nSPS) is 27.8. The fourth-order valence-electron chi connectivity index (χ4n) is 2.42. The third-order valence-corrected chi connectivity index (χ3v) is 4.00. The van der Waals surface area contributed by atoms with Gasteiger partial charge in [0.05, 0.1) is 42.3 Å². The molecule has 8 heteroatoms. The van der Waals surface area contributed by atoms with E-state index < -0.39 is 24.3 Å². The Hall–Kier alpha value is -1.38. The maximum Gasteiger partial charge on any atom is 0.224 e. The Morgan fingerprint density at radius 3 is 2.55 bits per heavy atom. The molecule has 0 bridgehead atoms. The summed E-state index contributed by atoms with van der Waals surface area (Å²) in [5, 5.41) is 43.5. The SMILES string of the molecule is O=C(Cc1ccc(O)c(Cl)c1)NC[C@H]1N[C@H](CO)[C@H](O)[C@@H]1O. The summed E-state index contributed by atoms with van der Waals surface area (Å²) >= 11 is 5.77. The van der Waals surface area contributed by atoms with Gasteiger partial charge >= 0.3 is 0 Å². The molecule has 0 spiro atoms. The lowest BCUT2D eigenvalue weighted by Crippen LogP contribution is -2.44. The van der Waals surface area contributed by atoms with Gasteiger partial charge in [-0.1, -0.05) is 17.7 Å². The molecule has 2 rings (SSSR count). The van der Waals surface area contributed by atoms with Gasteiger partial charge in [-0.3, -0.25) is 4.79 Å². The van der Waals surface area contributed by atoms with E-state index in [1.54, 1.807) is 6.07 Å². The van der Waals surface area contributed by atoms with Crippen LogP contribution in [0.5, 0.6) is 5.75 Å². The summed E-state index contributed by atoms with van der Waals surface area (Å²) in [6.07, 6.45) is -2.04. The highest BCUT2D eigenvalue weighted by molar-refractivity contribution is 6.32. The van der Waals surface area contributed by atoms with Crippen LogP contribution in [0.1, 0.15) is 5.56 Å². The van der Waals surface area contributed by atoms with Gasteiger partial charge < -0.3 is 31.1 Å². The van der Waals surface area contributed by atoms with Crippen molar-refractivity contribution in [2.24, 2.45) is 0 Å². The Kier molecular flexibility index (Phi) is 5.60. The van der Waals surface area contributed by atoms with E-state index in [0.717, 1.165) is 0 Å². The maximum absolute atomic E-state index is 11.9. The van der Waals surface area contributed by atoms with Crippen LogP contribution in [0.25, 0.3) is 0 Å². The fourth-order valence-corrected chi connectivity index (χ4v) is 2.62. The van der Waals surface area contributed by atoms with Crippen molar-refractivity contribution >= 4 is 17.5 Å². The zero-order valence-electron chi connectivity index (χ0n) is 11.7. The zero-order chi connectivity index (χ0) is 16.3. The van der Waals surface area contributed by atoms with E-state index in [-0.39, 0.29) is 36.3 Å². The molecule has 22 heavy (non-hydrogen) atoms. The average molecular weight is 331 g/mol. The molecule has 1 aromatic rings. The topological polar surface area (TPSA) is 122 Å². The van der Waals surface area contributed by atoms with Gasteiger partial charge in [0, 0.05) is 6.54 Å². The molecule has 7 nitrogen and oxygen atoms in total. The summed E-state index contributed by atoms with van der Waals surface area (Å²) in [6, 6.07) is 3.38. The number of hydrogen-bond donors (Lipinski definition) is 6. The Labute approximate surface area is 132 Å². The largest absolute Gasteiger partial charge is 0.506 e. The predicted molar refractivity (Wildman–Crippen MR) is 79.6 cm³/mol. The minimum Gasteiger partial charge on any atom is -0.506 e. The number of hydrogen-bond acceptors (Lipinski definition) is 6. The van der Waals surface area contributed by atoms with Gasteiger partial charge in [0.2, 0.25) is 5.91 Å². The molecule has 0 unspecified atom stereocenters. The number of phenols is 1. The Bertz CT molecular complexity index is 542. The summed E-state index contributed by atoms with van der Waals surface area (Å²) in [5.41, 5.74) is 0.647. The standard InChI is InChI=1S/C14H19ClN2O5/c15-8-3-7(1-2-11(8)19)4-12(20)16-5-9-13(21)14(22)10(6-18)17-9/h1-3,9-10,13-14,17-19,21-22H,4-6H2,(H,16,20)/t9-,10-,13-,14+/m1/s1. The van der Waals surface area contributed by atoms with Crippen molar-refractivity contribution in [2.45, 2.75) is 30.7 Å². The highest BCUT2D eigenvalue weighted by atomic mass is 35.5. The van der Waals surface area contributed by atoms with Gasteiger partial charge in [0.1, 0.15) is 5.75 Å². The van der Waals surface area contributed by atoms with Crippen molar-refractivity contribution in [2.75, 3.05) is 13.2 Å². The van der Waals surface area contributed by atoms with Crippen molar-refractivity contribution in [3.05, 3.63) is 28.8 Å². The quantitative estimate of drug-likeness (QED) is 0.401. The molecule has 1 heterocycles. The Morgan fingerprint density at radius 2 is 1.95 bits per heavy atom. The highest BCUT2D eigenvalue weighted by Gasteiger charge is 2.40. The van der Waals surface area contributed by atoms with Gasteiger partial charge in [-0.05, 0) is 17.7 Å². The number of rotatable bonds is 5. The number of carbonyl (C=O) groups is 1. The molecule has 1 saturated heterocycles. The van der Waals surface area contributed by atoms with Crippen LogP contribution in [0.4, 0.5) is 0 Å². The van der Waals surface area contributed by atoms with Crippen molar-refractivity contribution in [3.63, 3.8) is 0 Å². The van der Waals surface area contributed by atoms with Crippen LogP contribution in [-0.2, 0) is 11.2 Å². The maximum atomic E-state index is 11.9. The highest BCUT2D eigenvalue weighted by Crippen LogP contribution is 2.23. The fraction of sp³-hybridized carbons (Fsp3) is 0.500. The first-order valence-corrected chi connectivity index (χ1v) is 7.27. The van der Waals surface area contributed by atoms with E-state index in [1.807, 2.05) is 0 Å². The number of carbonyl (C=O) groups excluding carboxylic acids is 1. The molecule has 1 aliphatic rings. The van der Waals surface area contributed by atoms with Crippen LogP contribution >= 0.6 is 11.6 Å². The summed E-state index contributed by atoms with van der Waals surface area (Å²) in [4.78, 5) is 11.9. The van der Waals surface area contributed by atoms with Gasteiger partial charge in [0.25, 0.3) is 0 Å². The van der Waals surface area contributed by atoms with E-state index in [4.69, 9.17) is 16.7 Å². The molecule has 1 aliphatic heterocycles. The van der Waals surface area contributed by atoms with Crippen LogP contribution < -0.4 is 10.6 Å². The molecule has 0 aliphatic carbocycles. The van der Waals surface area contributed by atoms with Crippen LogP contribution in [0, 0.1) is 0 Å². The second-order valence-electron chi connectivity index (χ2n) is 5.31. The zero-order valence-corrected chi connectivity index (χ0v) is 12.5. The van der Waals surface area contributed by atoms with E-state index in [0.29, 0.717) is 5.56 Å². The number of amides is 1. The molecule has 122 valence electrons. The first-order valence-electron chi connectivity index (χ1n) is 6.89. The number of aliphatic hydroxyl groups excluding tert-OH is 3. The third kappa shape index (κ3) is 3.88. The molecule has 0 aromatic heterocycles. The number of nitrogens with one attached hydrogen (secondary N) is 2. The molecular formula is C14H19ClN2O5. The van der Waals surface area contributed by atoms with E-state index in [9.17, 15) is 20.1 Å². The van der Waals surface area contributed by atoms with Crippen molar-refractivity contribution in [1.82, 2.24) is 10.6 Å². The number of benzene rings is 1. The van der Waals surface area contributed by atoms with Crippen LogP contribution in [0.15, 0.2) is 18.2 Å². The predicted octanol–water partition coefficient (Wildman–Crippen LogP) is -1.24. The molecule has 1 fully saturated rings. The molecular weight excluding hydrogens is 312 g/mol. The van der Waals surface area contributed by atoms with Crippen LogP contribution in [-0.4, -0.2) is 63.8 Å². The number of halogens is 1.